The monoisotopic (exact) mass is 342 g/mol. The molecule has 3 aliphatic carbocycles. The Morgan fingerprint density at radius 2 is 1.68 bits per heavy atom. The smallest absolute Gasteiger partial charge is 0.126 e. The zero-order chi connectivity index (χ0) is 18.0. The number of methoxy groups -OCH3 is 2. The lowest BCUT2D eigenvalue weighted by atomic mass is 9.43. The maximum Gasteiger partial charge on any atom is 0.126 e. The van der Waals surface area contributed by atoms with Gasteiger partial charge < -0.3 is 9.47 Å². The standard InChI is InChI=1S/C23H34O2/c1-21(2)9-7-10-22(3)18(21)8-11-23(4)19(22)13-15-12-16(24-5)14-17(25-6)20(15)23/h12,14,18-19H,7-11,13H2,1-6H3. The van der Waals surface area contributed by atoms with Crippen molar-refractivity contribution in [1.82, 2.24) is 0 Å². The Hall–Kier alpha value is -1.18. The van der Waals surface area contributed by atoms with Gasteiger partial charge in [0.1, 0.15) is 11.5 Å². The normalized spacial score (nSPS) is 38.5. The second-order valence-electron chi connectivity index (χ2n) is 9.98. The highest BCUT2D eigenvalue weighted by atomic mass is 16.5. The van der Waals surface area contributed by atoms with Crippen LogP contribution in [0.1, 0.15) is 70.9 Å². The summed E-state index contributed by atoms with van der Waals surface area (Å²) in [5.74, 6) is 3.53. The largest absolute Gasteiger partial charge is 0.497 e. The third kappa shape index (κ3) is 2.22. The Bertz CT molecular complexity index is 692. The van der Waals surface area contributed by atoms with E-state index in [2.05, 4.69) is 39.8 Å². The van der Waals surface area contributed by atoms with Gasteiger partial charge >= 0.3 is 0 Å². The Labute approximate surface area is 153 Å². The van der Waals surface area contributed by atoms with Crippen molar-refractivity contribution in [3.63, 3.8) is 0 Å². The van der Waals surface area contributed by atoms with E-state index < -0.39 is 0 Å². The summed E-state index contributed by atoms with van der Waals surface area (Å²) >= 11 is 0. The molecular formula is C23H34O2. The molecule has 1 aromatic rings. The van der Waals surface area contributed by atoms with Gasteiger partial charge in [0.05, 0.1) is 14.2 Å². The zero-order valence-corrected chi connectivity index (χ0v) is 16.9. The molecule has 0 aromatic heterocycles. The van der Waals surface area contributed by atoms with E-state index in [1.165, 1.54) is 49.7 Å². The molecule has 0 aliphatic heterocycles. The molecule has 3 aliphatic rings. The molecule has 0 bridgehead atoms. The Morgan fingerprint density at radius 3 is 2.36 bits per heavy atom. The molecule has 0 heterocycles. The van der Waals surface area contributed by atoms with Crippen LogP contribution in [-0.2, 0) is 11.8 Å². The molecule has 138 valence electrons. The van der Waals surface area contributed by atoms with Crippen molar-refractivity contribution in [2.75, 3.05) is 14.2 Å². The summed E-state index contributed by atoms with van der Waals surface area (Å²) in [6, 6.07) is 4.36. The van der Waals surface area contributed by atoms with Gasteiger partial charge in [-0.2, -0.15) is 0 Å². The highest BCUT2D eigenvalue weighted by molar-refractivity contribution is 5.55. The van der Waals surface area contributed by atoms with Crippen LogP contribution < -0.4 is 9.47 Å². The van der Waals surface area contributed by atoms with Crippen molar-refractivity contribution in [2.24, 2.45) is 22.7 Å². The fraction of sp³-hybridized carbons (Fsp3) is 0.739. The Morgan fingerprint density at radius 1 is 0.920 bits per heavy atom. The van der Waals surface area contributed by atoms with E-state index in [-0.39, 0.29) is 5.41 Å². The maximum absolute atomic E-state index is 5.84. The molecule has 0 radical (unpaired) electrons. The summed E-state index contributed by atoms with van der Waals surface area (Å²) < 4.78 is 11.4. The number of ether oxygens (including phenoxy) is 2. The summed E-state index contributed by atoms with van der Waals surface area (Å²) in [5, 5.41) is 0. The summed E-state index contributed by atoms with van der Waals surface area (Å²) in [6.45, 7) is 10.2. The van der Waals surface area contributed by atoms with Crippen LogP contribution in [0.5, 0.6) is 11.5 Å². The average molecular weight is 343 g/mol. The van der Waals surface area contributed by atoms with Gasteiger partial charge in [0.2, 0.25) is 0 Å². The molecule has 4 rings (SSSR count). The van der Waals surface area contributed by atoms with Crippen molar-refractivity contribution in [2.45, 2.75) is 71.6 Å². The summed E-state index contributed by atoms with van der Waals surface area (Å²) in [6.07, 6.45) is 7.98. The van der Waals surface area contributed by atoms with Gasteiger partial charge in [-0.15, -0.1) is 0 Å². The minimum Gasteiger partial charge on any atom is -0.497 e. The van der Waals surface area contributed by atoms with E-state index in [1.807, 2.05) is 7.11 Å². The number of hydrogen-bond acceptors (Lipinski definition) is 2. The number of hydrogen-bond donors (Lipinski definition) is 0. The van der Waals surface area contributed by atoms with Crippen LogP contribution in [0.15, 0.2) is 12.1 Å². The third-order valence-corrected chi connectivity index (χ3v) is 8.40. The van der Waals surface area contributed by atoms with Crippen LogP contribution in [0.25, 0.3) is 0 Å². The van der Waals surface area contributed by atoms with Crippen LogP contribution in [0, 0.1) is 22.7 Å². The number of rotatable bonds is 2. The lowest BCUT2D eigenvalue weighted by Crippen LogP contribution is -2.55. The molecule has 2 heteroatoms. The zero-order valence-electron chi connectivity index (χ0n) is 16.9. The summed E-state index contributed by atoms with van der Waals surface area (Å²) in [5.41, 5.74) is 4.10. The van der Waals surface area contributed by atoms with Gasteiger partial charge in [0.25, 0.3) is 0 Å². The van der Waals surface area contributed by atoms with E-state index in [4.69, 9.17) is 9.47 Å². The van der Waals surface area contributed by atoms with Crippen LogP contribution in [0.2, 0.25) is 0 Å². The molecule has 0 saturated heterocycles. The Kier molecular flexibility index (Phi) is 3.73. The second-order valence-corrected chi connectivity index (χ2v) is 9.98. The minimum atomic E-state index is 0.242. The van der Waals surface area contributed by atoms with Gasteiger partial charge in [-0.25, -0.2) is 0 Å². The molecule has 0 spiro atoms. The molecule has 2 saturated carbocycles. The van der Waals surface area contributed by atoms with Crippen LogP contribution in [0.3, 0.4) is 0 Å². The molecule has 4 unspecified atom stereocenters. The molecule has 25 heavy (non-hydrogen) atoms. The van der Waals surface area contributed by atoms with E-state index in [9.17, 15) is 0 Å². The fourth-order valence-electron chi connectivity index (χ4n) is 7.36. The summed E-state index contributed by atoms with van der Waals surface area (Å²) in [7, 11) is 3.56. The first kappa shape index (κ1) is 17.2. The van der Waals surface area contributed by atoms with Gasteiger partial charge in [0, 0.05) is 17.0 Å². The van der Waals surface area contributed by atoms with Crippen molar-refractivity contribution < 1.29 is 9.47 Å². The van der Waals surface area contributed by atoms with Gasteiger partial charge in [-0.1, -0.05) is 34.1 Å². The topological polar surface area (TPSA) is 18.5 Å². The van der Waals surface area contributed by atoms with Crippen LogP contribution in [-0.4, -0.2) is 14.2 Å². The minimum absolute atomic E-state index is 0.242. The lowest BCUT2D eigenvalue weighted by molar-refractivity contribution is -0.0984. The van der Waals surface area contributed by atoms with Gasteiger partial charge in [-0.3, -0.25) is 0 Å². The average Bonchev–Trinajstić information content (AvgIpc) is 2.87. The predicted octanol–water partition coefficient (Wildman–Crippen LogP) is 5.76. The van der Waals surface area contributed by atoms with E-state index in [0.29, 0.717) is 16.7 Å². The molecule has 4 atom stereocenters. The van der Waals surface area contributed by atoms with Gasteiger partial charge in [-0.05, 0) is 66.4 Å². The Balaban J connectivity index is 1.83. The van der Waals surface area contributed by atoms with Crippen molar-refractivity contribution in [3.05, 3.63) is 23.3 Å². The van der Waals surface area contributed by atoms with Crippen molar-refractivity contribution >= 4 is 0 Å². The molecule has 0 N–H and O–H groups in total. The molecule has 2 fully saturated rings. The fourth-order valence-corrected chi connectivity index (χ4v) is 7.36. The van der Waals surface area contributed by atoms with E-state index >= 15 is 0 Å². The first-order valence-corrected chi connectivity index (χ1v) is 10.0. The van der Waals surface area contributed by atoms with Crippen LogP contribution >= 0.6 is 0 Å². The van der Waals surface area contributed by atoms with Gasteiger partial charge in [0.15, 0.2) is 0 Å². The predicted molar refractivity (Wildman–Crippen MR) is 103 cm³/mol. The number of benzene rings is 1. The third-order valence-electron chi connectivity index (χ3n) is 8.40. The quantitative estimate of drug-likeness (QED) is 0.680. The first-order valence-electron chi connectivity index (χ1n) is 10.0. The summed E-state index contributed by atoms with van der Waals surface area (Å²) in [4.78, 5) is 0. The van der Waals surface area contributed by atoms with Crippen molar-refractivity contribution in [3.8, 4) is 11.5 Å². The number of fused-ring (bicyclic) bond motifs is 5. The van der Waals surface area contributed by atoms with Crippen molar-refractivity contribution in [1.29, 1.82) is 0 Å². The van der Waals surface area contributed by atoms with E-state index in [1.54, 1.807) is 7.11 Å². The SMILES string of the molecule is COc1cc2c(c(OC)c1)C1(C)CCC3C(C)(C)CCCC3(C)C1C2. The molecule has 1 aromatic carbocycles. The lowest BCUT2D eigenvalue weighted by Gasteiger charge is -2.61. The van der Waals surface area contributed by atoms with E-state index in [0.717, 1.165) is 17.4 Å². The second kappa shape index (κ2) is 5.41. The van der Waals surface area contributed by atoms with Crippen LogP contribution in [0.4, 0.5) is 0 Å². The molecular weight excluding hydrogens is 308 g/mol. The highest BCUT2D eigenvalue weighted by Gasteiger charge is 2.61. The molecule has 2 nitrogen and oxygen atoms in total. The molecule has 0 amide bonds. The maximum atomic E-state index is 5.84. The highest BCUT2D eigenvalue weighted by Crippen LogP contribution is 2.68. The first-order chi connectivity index (χ1) is 11.8.